The van der Waals surface area contributed by atoms with Crippen LogP contribution in [0.4, 0.5) is 11.4 Å². The van der Waals surface area contributed by atoms with Gasteiger partial charge in [-0.05, 0) is 43.7 Å². The summed E-state index contributed by atoms with van der Waals surface area (Å²) in [7, 11) is 3.53. The van der Waals surface area contributed by atoms with Crippen molar-refractivity contribution in [3.8, 4) is 17.6 Å². The predicted molar refractivity (Wildman–Crippen MR) is 135 cm³/mol. The lowest BCUT2D eigenvalue weighted by Crippen LogP contribution is -2.22. The van der Waals surface area contributed by atoms with Crippen molar-refractivity contribution in [2.24, 2.45) is 5.73 Å². The zero-order valence-corrected chi connectivity index (χ0v) is 20.3. The molecule has 3 aromatic rings. The van der Waals surface area contributed by atoms with Gasteiger partial charge in [0.15, 0.2) is 11.5 Å². The zero-order valence-electron chi connectivity index (χ0n) is 20.3. The minimum atomic E-state index is -0.613. The van der Waals surface area contributed by atoms with Crippen LogP contribution in [-0.4, -0.2) is 54.8 Å². The standard InChI is InChI=1S/C26H31N5O4/c1-17-18(16-32)7-4-8-21(17)30-25-19-13-23(34-3)24(14-22(19)29-15-20(25)26(28)33)35-12-6-11-31(2)10-5-9-27/h4,7-8,13-15,32H,5-6,10-12,16H2,1-3H3,(H2,28,33)(H,29,30). The lowest BCUT2D eigenvalue weighted by Gasteiger charge is -2.18. The van der Waals surface area contributed by atoms with Crippen LogP contribution >= 0.6 is 0 Å². The molecular weight excluding hydrogens is 446 g/mol. The first kappa shape index (κ1) is 25.7. The van der Waals surface area contributed by atoms with Crippen LogP contribution in [0.3, 0.4) is 0 Å². The lowest BCUT2D eigenvalue weighted by atomic mass is 10.0. The number of fused-ring (bicyclic) bond motifs is 1. The fourth-order valence-corrected chi connectivity index (χ4v) is 3.79. The Bertz CT molecular complexity index is 1240. The molecule has 0 spiro atoms. The summed E-state index contributed by atoms with van der Waals surface area (Å²) in [6.07, 6.45) is 2.72. The van der Waals surface area contributed by atoms with Crippen LogP contribution in [-0.2, 0) is 6.61 Å². The fraction of sp³-hybridized carbons (Fsp3) is 0.346. The molecule has 0 radical (unpaired) electrons. The highest BCUT2D eigenvalue weighted by molar-refractivity contribution is 6.08. The van der Waals surface area contributed by atoms with E-state index >= 15 is 0 Å². The van der Waals surface area contributed by atoms with Gasteiger partial charge in [-0.1, -0.05) is 12.1 Å². The molecule has 9 heteroatoms. The van der Waals surface area contributed by atoms with E-state index in [1.54, 1.807) is 19.2 Å². The third kappa shape index (κ3) is 6.18. The number of ether oxygens (including phenoxy) is 2. The van der Waals surface area contributed by atoms with Crippen LogP contribution in [0.25, 0.3) is 10.9 Å². The number of primary amides is 1. The first-order chi connectivity index (χ1) is 16.9. The van der Waals surface area contributed by atoms with Crippen molar-refractivity contribution in [3.63, 3.8) is 0 Å². The van der Waals surface area contributed by atoms with Crippen molar-refractivity contribution in [2.75, 3.05) is 39.2 Å². The van der Waals surface area contributed by atoms with E-state index in [-0.39, 0.29) is 12.2 Å². The smallest absolute Gasteiger partial charge is 0.252 e. The normalized spacial score (nSPS) is 10.9. The molecule has 0 bridgehead atoms. The maximum absolute atomic E-state index is 12.2. The number of nitrogens with zero attached hydrogens (tertiary/aromatic N) is 3. The molecule has 2 aromatic carbocycles. The van der Waals surface area contributed by atoms with Crippen molar-refractivity contribution < 1.29 is 19.4 Å². The Kier molecular flexibility index (Phi) is 8.84. The molecule has 0 fully saturated rings. The van der Waals surface area contributed by atoms with E-state index in [0.717, 1.165) is 36.3 Å². The molecule has 1 amide bonds. The van der Waals surface area contributed by atoms with Gasteiger partial charge in [0.1, 0.15) is 0 Å². The van der Waals surface area contributed by atoms with Gasteiger partial charge in [-0.3, -0.25) is 9.78 Å². The van der Waals surface area contributed by atoms with E-state index in [0.29, 0.717) is 41.1 Å². The second kappa shape index (κ2) is 12.0. The minimum absolute atomic E-state index is 0.0935. The van der Waals surface area contributed by atoms with Crippen LogP contribution < -0.4 is 20.5 Å². The van der Waals surface area contributed by atoms with Gasteiger partial charge in [0.05, 0.1) is 43.2 Å². The van der Waals surface area contributed by atoms with Crippen LogP contribution in [0.2, 0.25) is 0 Å². The molecule has 0 aliphatic heterocycles. The van der Waals surface area contributed by atoms with Gasteiger partial charge in [0, 0.05) is 42.8 Å². The molecule has 4 N–H and O–H groups in total. The van der Waals surface area contributed by atoms with Gasteiger partial charge in [0.2, 0.25) is 0 Å². The van der Waals surface area contributed by atoms with Crippen LogP contribution in [0, 0.1) is 18.3 Å². The van der Waals surface area contributed by atoms with Crippen molar-refractivity contribution in [2.45, 2.75) is 26.4 Å². The fourth-order valence-electron chi connectivity index (χ4n) is 3.79. The van der Waals surface area contributed by atoms with Gasteiger partial charge in [-0.25, -0.2) is 0 Å². The number of benzene rings is 2. The first-order valence-corrected chi connectivity index (χ1v) is 11.3. The molecule has 1 heterocycles. The van der Waals surface area contributed by atoms with Crippen molar-refractivity contribution in [3.05, 3.63) is 53.2 Å². The number of rotatable bonds is 12. The number of nitriles is 1. The third-order valence-corrected chi connectivity index (χ3v) is 5.84. The zero-order chi connectivity index (χ0) is 25.4. The summed E-state index contributed by atoms with van der Waals surface area (Å²) in [5.74, 6) is 0.434. The number of hydrogen-bond acceptors (Lipinski definition) is 8. The van der Waals surface area contributed by atoms with Gasteiger partial charge < -0.3 is 30.5 Å². The molecule has 184 valence electrons. The quantitative estimate of drug-likeness (QED) is 0.338. The molecule has 0 aliphatic carbocycles. The summed E-state index contributed by atoms with van der Waals surface area (Å²) in [4.78, 5) is 18.7. The number of nitrogens with two attached hydrogens (primary N) is 1. The van der Waals surface area contributed by atoms with E-state index in [2.05, 4.69) is 21.3 Å². The Morgan fingerprint density at radius 2 is 2.09 bits per heavy atom. The molecule has 0 saturated carbocycles. The van der Waals surface area contributed by atoms with E-state index in [9.17, 15) is 9.90 Å². The number of aliphatic hydroxyl groups is 1. The highest BCUT2D eigenvalue weighted by atomic mass is 16.5. The van der Waals surface area contributed by atoms with Gasteiger partial charge in [0.25, 0.3) is 5.91 Å². The summed E-state index contributed by atoms with van der Waals surface area (Å²) in [5.41, 5.74) is 9.39. The van der Waals surface area contributed by atoms with Gasteiger partial charge in [-0.2, -0.15) is 5.26 Å². The van der Waals surface area contributed by atoms with E-state index in [1.807, 2.05) is 32.2 Å². The van der Waals surface area contributed by atoms with Crippen molar-refractivity contribution in [1.29, 1.82) is 5.26 Å². The van der Waals surface area contributed by atoms with E-state index < -0.39 is 5.91 Å². The van der Waals surface area contributed by atoms with Gasteiger partial charge >= 0.3 is 0 Å². The number of carbonyl (C=O) groups is 1. The Labute approximate surface area is 205 Å². The van der Waals surface area contributed by atoms with Crippen molar-refractivity contribution in [1.82, 2.24) is 9.88 Å². The number of aliphatic hydroxyl groups excluding tert-OH is 1. The Morgan fingerprint density at radius 1 is 1.29 bits per heavy atom. The van der Waals surface area contributed by atoms with Gasteiger partial charge in [-0.15, -0.1) is 0 Å². The van der Waals surface area contributed by atoms with E-state index in [1.165, 1.54) is 6.20 Å². The minimum Gasteiger partial charge on any atom is -0.493 e. The number of hydrogen-bond donors (Lipinski definition) is 3. The highest BCUT2D eigenvalue weighted by Gasteiger charge is 2.18. The first-order valence-electron chi connectivity index (χ1n) is 11.3. The van der Waals surface area contributed by atoms with Crippen LogP contribution in [0.5, 0.6) is 11.5 Å². The molecule has 9 nitrogen and oxygen atoms in total. The average Bonchev–Trinajstić information content (AvgIpc) is 2.85. The molecule has 3 rings (SSSR count). The summed E-state index contributed by atoms with van der Waals surface area (Å²) in [5, 5.41) is 22.3. The molecule has 0 aliphatic rings. The molecule has 35 heavy (non-hydrogen) atoms. The lowest BCUT2D eigenvalue weighted by molar-refractivity contribution is 0.100. The third-order valence-electron chi connectivity index (χ3n) is 5.84. The number of methoxy groups -OCH3 is 1. The number of nitrogens with one attached hydrogen (secondary N) is 1. The highest BCUT2D eigenvalue weighted by Crippen LogP contribution is 2.38. The van der Waals surface area contributed by atoms with Crippen molar-refractivity contribution >= 4 is 28.2 Å². The second-order valence-electron chi connectivity index (χ2n) is 8.22. The molecule has 0 atom stereocenters. The largest absolute Gasteiger partial charge is 0.493 e. The number of carbonyl (C=O) groups excluding carboxylic acids is 1. The Morgan fingerprint density at radius 3 is 2.77 bits per heavy atom. The number of pyridine rings is 1. The molecule has 1 aromatic heterocycles. The average molecular weight is 478 g/mol. The second-order valence-corrected chi connectivity index (χ2v) is 8.22. The summed E-state index contributed by atoms with van der Waals surface area (Å²) in [6.45, 7) is 3.79. The summed E-state index contributed by atoms with van der Waals surface area (Å²) < 4.78 is 11.6. The molecular formula is C26H31N5O4. The van der Waals surface area contributed by atoms with Crippen LogP contribution in [0.1, 0.15) is 34.3 Å². The monoisotopic (exact) mass is 477 g/mol. The predicted octanol–water partition coefficient (Wildman–Crippen LogP) is 3.50. The molecule has 0 saturated heterocycles. The number of amides is 1. The number of anilines is 2. The Balaban J connectivity index is 1.92. The maximum atomic E-state index is 12.2. The van der Waals surface area contributed by atoms with E-state index in [4.69, 9.17) is 20.5 Å². The van der Waals surface area contributed by atoms with Crippen LogP contribution in [0.15, 0.2) is 36.5 Å². The summed E-state index contributed by atoms with van der Waals surface area (Å²) in [6, 6.07) is 11.2. The Hall–Kier alpha value is -3.87. The maximum Gasteiger partial charge on any atom is 0.252 e. The molecule has 0 unspecified atom stereocenters. The summed E-state index contributed by atoms with van der Waals surface area (Å²) >= 11 is 0. The SMILES string of the molecule is COc1cc2c(Nc3cccc(CO)c3C)c(C(N)=O)cnc2cc1OCCCN(C)CCC#N. The number of aromatic nitrogens is 1. The topological polar surface area (TPSA) is 134 Å².